The van der Waals surface area contributed by atoms with Gasteiger partial charge in [0.1, 0.15) is 6.33 Å². The molecule has 1 saturated heterocycles. The molecule has 1 fully saturated rings. The van der Waals surface area contributed by atoms with Crippen LogP contribution < -0.4 is 15.4 Å². The molecule has 0 bridgehead atoms. The van der Waals surface area contributed by atoms with Gasteiger partial charge in [0.25, 0.3) is 0 Å². The van der Waals surface area contributed by atoms with E-state index in [0.29, 0.717) is 15.9 Å². The topological polar surface area (TPSA) is 119 Å². The normalized spacial score (nSPS) is 16.0. The first-order valence-electron chi connectivity index (χ1n) is 10.5. The third-order valence-corrected chi connectivity index (χ3v) is 6.39. The van der Waals surface area contributed by atoms with Crippen LogP contribution in [0.1, 0.15) is 30.9 Å². The minimum absolute atomic E-state index is 0.184. The van der Waals surface area contributed by atoms with E-state index in [4.69, 9.17) is 9.57 Å². The Kier molecular flexibility index (Phi) is 6.76. The van der Waals surface area contributed by atoms with Gasteiger partial charge in [0.05, 0.1) is 18.2 Å². The smallest absolute Gasteiger partial charge is 0.432 e. The van der Waals surface area contributed by atoms with Crippen molar-refractivity contribution >= 4 is 38.8 Å². The monoisotopic (exact) mass is 510 g/mol. The number of amides is 2. The van der Waals surface area contributed by atoms with Crippen molar-refractivity contribution < 1.29 is 32.3 Å². The van der Waals surface area contributed by atoms with Crippen LogP contribution in [0.4, 0.5) is 23.1 Å². The lowest BCUT2D eigenvalue weighted by atomic mass is 9.80. The number of fused-ring (bicyclic) bond motifs is 1. The SMILES string of the molecule is COc1ncnc2sc(NC(=O)ON3CCC(NC(C)=O)(c4cccc(C(F)(F)F)c4)CC3)nc12. The van der Waals surface area contributed by atoms with Crippen LogP contribution in [-0.4, -0.2) is 52.2 Å². The van der Waals surface area contributed by atoms with Crippen molar-refractivity contribution in [2.75, 3.05) is 25.5 Å². The second kappa shape index (κ2) is 9.62. The highest BCUT2D eigenvalue weighted by Gasteiger charge is 2.40. The molecule has 0 unspecified atom stereocenters. The van der Waals surface area contributed by atoms with Crippen LogP contribution in [-0.2, 0) is 21.3 Å². The Balaban J connectivity index is 1.43. The third kappa shape index (κ3) is 5.43. The molecular weight excluding hydrogens is 489 g/mol. The Morgan fingerprint density at radius 1 is 1.20 bits per heavy atom. The largest absolute Gasteiger partial charge is 0.479 e. The molecule has 186 valence electrons. The van der Waals surface area contributed by atoms with E-state index in [9.17, 15) is 22.8 Å². The number of piperidine rings is 1. The average molecular weight is 510 g/mol. The van der Waals surface area contributed by atoms with Crippen molar-refractivity contribution in [3.05, 3.63) is 41.7 Å². The minimum atomic E-state index is -4.51. The number of alkyl halides is 3. The maximum Gasteiger partial charge on any atom is 0.432 e. The van der Waals surface area contributed by atoms with Gasteiger partial charge in [-0.05, 0) is 30.5 Å². The number of thiazole rings is 1. The molecule has 0 radical (unpaired) electrons. The fourth-order valence-corrected chi connectivity index (χ4v) is 4.72. The summed E-state index contributed by atoms with van der Waals surface area (Å²) >= 11 is 1.11. The number of anilines is 1. The van der Waals surface area contributed by atoms with E-state index < -0.39 is 23.4 Å². The number of ether oxygens (including phenoxy) is 1. The summed E-state index contributed by atoms with van der Waals surface area (Å²) in [5.41, 5.74) is -1.08. The number of aromatic nitrogens is 3. The van der Waals surface area contributed by atoms with Gasteiger partial charge in [-0.3, -0.25) is 10.1 Å². The van der Waals surface area contributed by atoms with Crippen molar-refractivity contribution in [2.24, 2.45) is 0 Å². The summed E-state index contributed by atoms with van der Waals surface area (Å²) in [5.74, 6) is -0.100. The molecule has 14 heteroatoms. The lowest BCUT2D eigenvalue weighted by molar-refractivity contribution is -0.138. The van der Waals surface area contributed by atoms with Gasteiger partial charge in [-0.1, -0.05) is 23.5 Å². The van der Waals surface area contributed by atoms with E-state index in [1.165, 1.54) is 31.5 Å². The summed E-state index contributed by atoms with van der Waals surface area (Å²) in [6.45, 7) is 1.68. The number of hydrogen-bond donors (Lipinski definition) is 2. The van der Waals surface area contributed by atoms with Crippen LogP contribution in [0.2, 0.25) is 0 Å². The lowest BCUT2D eigenvalue weighted by Crippen LogP contribution is -2.53. The number of halogens is 3. The van der Waals surface area contributed by atoms with Crippen molar-refractivity contribution in [1.82, 2.24) is 25.3 Å². The molecule has 4 rings (SSSR count). The lowest BCUT2D eigenvalue weighted by Gasteiger charge is -2.41. The Morgan fingerprint density at radius 2 is 1.94 bits per heavy atom. The molecule has 3 aromatic rings. The molecule has 0 aliphatic carbocycles. The highest BCUT2D eigenvalue weighted by Crippen LogP contribution is 2.37. The van der Waals surface area contributed by atoms with Gasteiger partial charge >= 0.3 is 12.3 Å². The Bertz CT molecular complexity index is 1240. The van der Waals surface area contributed by atoms with E-state index in [-0.39, 0.29) is 42.8 Å². The first kappa shape index (κ1) is 24.6. The van der Waals surface area contributed by atoms with E-state index in [0.717, 1.165) is 23.5 Å². The summed E-state index contributed by atoms with van der Waals surface area (Å²) < 4.78 is 44.8. The molecule has 1 aromatic carbocycles. The summed E-state index contributed by atoms with van der Waals surface area (Å²) in [4.78, 5) is 42.4. The summed E-state index contributed by atoms with van der Waals surface area (Å²) in [7, 11) is 1.44. The Labute approximate surface area is 201 Å². The summed E-state index contributed by atoms with van der Waals surface area (Å²) in [6.07, 6.45) is -3.52. The molecule has 2 amide bonds. The molecule has 10 nitrogen and oxygen atoms in total. The number of hydroxylamine groups is 2. The predicted molar refractivity (Wildman–Crippen MR) is 120 cm³/mol. The second-order valence-electron chi connectivity index (χ2n) is 7.83. The number of carbonyl (C=O) groups excluding carboxylic acids is 2. The fourth-order valence-electron chi connectivity index (χ4n) is 3.94. The maximum atomic E-state index is 13.2. The zero-order chi connectivity index (χ0) is 25.2. The Morgan fingerprint density at radius 3 is 2.60 bits per heavy atom. The molecule has 35 heavy (non-hydrogen) atoms. The van der Waals surface area contributed by atoms with Gasteiger partial charge in [-0.15, -0.1) is 5.06 Å². The quantitative estimate of drug-likeness (QED) is 0.534. The average Bonchev–Trinajstić information content (AvgIpc) is 3.22. The number of benzene rings is 1. The third-order valence-electron chi connectivity index (χ3n) is 5.51. The second-order valence-corrected chi connectivity index (χ2v) is 8.81. The molecule has 0 atom stereocenters. The molecule has 1 aliphatic rings. The van der Waals surface area contributed by atoms with Crippen LogP contribution in [0.15, 0.2) is 30.6 Å². The Hall–Kier alpha value is -3.52. The number of methoxy groups -OCH3 is 1. The number of rotatable bonds is 5. The van der Waals surface area contributed by atoms with Gasteiger partial charge in [-0.2, -0.15) is 18.2 Å². The van der Waals surface area contributed by atoms with Crippen LogP contribution in [0, 0.1) is 0 Å². The first-order chi connectivity index (χ1) is 16.6. The van der Waals surface area contributed by atoms with Crippen molar-refractivity contribution in [3.8, 4) is 5.88 Å². The van der Waals surface area contributed by atoms with Crippen molar-refractivity contribution in [2.45, 2.75) is 31.5 Å². The number of hydrogen-bond acceptors (Lipinski definition) is 9. The summed E-state index contributed by atoms with van der Waals surface area (Å²) in [5, 5.41) is 6.95. The summed E-state index contributed by atoms with van der Waals surface area (Å²) in [6, 6.07) is 4.90. The number of nitrogens with one attached hydrogen (secondary N) is 2. The van der Waals surface area contributed by atoms with E-state index in [2.05, 4.69) is 25.6 Å². The zero-order valence-electron chi connectivity index (χ0n) is 18.7. The van der Waals surface area contributed by atoms with E-state index in [1.807, 2.05) is 0 Å². The van der Waals surface area contributed by atoms with Gasteiger partial charge in [0, 0.05) is 20.0 Å². The minimum Gasteiger partial charge on any atom is -0.479 e. The molecule has 1 aliphatic heterocycles. The van der Waals surface area contributed by atoms with Gasteiger partial charge in [0.2, 0.25) is 11.8 Å². The van der Waals surface area contributed by atoms with Crippen LogP contribution in [0.5, 0.6) is 5.88 Å². The van der Waals surface area contributed by atoms with Gasteiger partial charge < -0.3 is 14.9 Å². The molecule has 2 aromatic heterocycles. The van der Waals surface area contributed by atoms with E-state index in [1.54, 1.807) is 6.07 Å². The van der Waals surface area contributed by atoms with Crippen molar-refractivity contribution in [1.29, 1.82) is 0 Å². The van der Waals surface area contributed by atoms with Gasteiger partial charge in [0.15, 0.2) is 15.5 Å². The van der Waals surface area contributed by atoms with Crippen LogP contribution >= 0.6 is 11.3 Å². The molecule has 0 spiro atoms. The molecule has 2 N–H and O–H groups in total. The highest BCUT2D eigenvalue weighted by molar-refractivity contribution is 7.22. The maximum absolute atomic E-state index is 13.2. The number of nitrogens with zero attached hydrogens (tertiary/aromatic N) is 4. The van der Waals surface area contributed by atoms with Gasteiger partial charge in [-0.25, -0.2) is 14.8 Å². The standard InChI is InChI=1S/C21H21F3N6O4S/c1-12(31)29-20(13-4-3-5-14(10-13)21(22,23)24)6-8-30(9-7-20)34-19(32)28-18-27-15-16(33-2)25-11-26-17(15)35-18/h3-5,10-11H,6-9H2,1-2H3,(H,29,31)(H,27,28,32). The van der Waals surface area contributed by atoms with Crippen LogP contribution in [0.25, 0.3) is 10.3 Å². The highest BCUT2D eigenvalue weighted by atomic mass is 32.1. The number of carbonyl (C=O) groups is 2. The molecular formula is C21H21F3N6O4S. The fraction of sp³-hybridized carbons (Fsp3) is 0.381. The zero-order valence-corrected chi connectivity index (χ0v) is 19.5. The van der Waals surface area contributed by atoms with Crippen molar-refractivity contribution in [3.63, 3.8) is 0 Å². The van der Waals surface area contributed by atoms with E-state index >= 15 is 0 Å². The molecule has 0 saturated carbocycles. The predicted octanol–water partition coefficient (Wildman–Crippen LogP) is 3.70. The first-order valence-corrected chi connectivity index (χ1v) is 11.3. The van der Waals surface area contributed by atoms with Crippen LogP contribution in [0.3, 0.4) is 0 Å². The molecule has 3 heterocycles.